The van der Waals surface area contributed by atoms with Crippen molar-refractivity contribution in [2.75, 3.05) is 35.0 Å². The molecule has 4 rings (SSSR count). The van der Waals surface area contributed by atoms with Crippen molar-refractivity contribution in [2.24, 2.45) is 23.2 Å². The molecule has 2 unspecified atom stereocenters. The molecule has 0 N–H and O–H groups in total. The van der Waals surface area contributed by atoms with Crippen LogP contribution in [0.1, 0.15) is 51.9 Å². The minimum atomic E-state index is -0.542. The molecule has 0 amide bonds. The number of fused-ring (bicyclic) bond motifs is 4. The fourth-order valence-corrected chi connectivity index (χ4v) is 6.90. The quantitative estimate of drug-likeness (QED) is 0.662. The molecule has 0 aliphatic heterocycles. The van der Waals surface area contributed by atoms with Gasteiger partial charge in [-0.25, -0.2) is 0 Å². The maximum Gasteiger partial charge on any atom is 0.176 e. The lowest BCUT2D eigenvalue weighted by molar-refractivity contribution is -0.249. The summed E-state index contributed by atoms with van der Waals surface area (Å²) < 4.78 is 23.3. The molecule has 27 heavy (non-hydrogen) atoms. The summed E-state index contributed by atoms with van der Waals surface area (Å²) in [6.07, 6.45) is 11.0. The van der Waals surface area contributed by atoms with Crippen LogP contribution < -0.4 is 0 Å². The first-order valence-corrected chi connectivity index (χ1v) is 10.6. The van der Waals surface area contributed by atoms with Crippen molar-refractivity contribution in [2.45, 2.75) is 63.8 Å². The van der Waals surface area contributed by atoms with Crippen LogP contribution in [0.2, 0.25) is 0 Å². The van der Waals surface area contributed by atoms with E-state index >= 15 is 0 Å². The molecular weight excluding hydrogens is 340 g/mol. The highest BCUT2D eigenvalue weighted by atomic mass is 16.7. The minimum Gasteiger partial charge on any atom is -0.384 e. The Morgan fingerprint density at radius 2 is 1.85 bits per heavy atom. The predicted molar refractivity (Wildman–Crippen MR) is 105 cm³/mol. The number of ether oxygens (including phenoxy) is 4. The summed E-state index contributed by atoms with van der Waals surface area (Å²) in [7, 11) is 7.22. The zero-order valence-corrected chi connectivity index (χ0v) is 17.7. The van der Waals surface area contributed by atoms with E-state index in [0.29, 0.717) is 24.0 Å². The van der Waals surface area contributed by atoms with Crippen LogP contribution in [-0.4, -0.2) is 46.9 Å². The van der Waals surface area contributed by atoms with Crippen molar-refractivity contribution < 1.29 is 18.9 Å². The fourth-order valence-electron chi connectivity index (χ4n) is 6.90. The molecule has 152 valence electrons. The molecule has 4 nitrogen and oxygen atoms in total. The summed E-state index contributed by atoms with van der Waals surface area (Å²) in [4.78, 5) is 0. The molecule has 4 aliphatic rings. The zero-order valence-electron chi connectivity index (χ0n) is 17.7. The Balaban J connectivity index is 1.68. The van der Waals surface area contributed by atoms with Crippen molar-refractivity contribution >= 4 is 0 Å². The Morgan fingerprint density at radius 3 is 2.52 bits per heavy atom. The number of allylic oxidation sites excluding steroid dienone is 3. The topological polar surface area (TPSA) is 36.9 Å². The second-order valence-electron chi connectivity index (χ2n) is 9.26. The van der Waals surface area contributed by atoms with Gasteiger partial charge >= 0.3 is 0 Å². The van der Waals surface area contributed by atoms with Crippen LogP contribution >= 0.6 is 0 Å². The lowest BCUT2D eigenvalue weighted by Crippen LogP contribution is -2.49. The molecule has 0 bridgehead atoms. The first-order valence-electron chi connectivity index (χ1n) is 10.6. The van der Waals surface area contributed by atoms with E-state index in [1.165, 1.54) is 25.7 Å². The average molecular weight is 377 g/mol. The van der Waals surface area contributed by atoms with Gasteiger partial charge in [0, 0.05) is 46.2 Å². The summed E-state index contributed by atoms with van der Waals surface area (Å²) in [5, 5.41) is 0. The van der Waals surface area contributed by atoms with E-state index in [0.717, 1.165) is 25.2 Å². The third-order valence-corrected chi connectivity index (χ3v) is 8.38. The Morgan fingerprint density at radius 1 is 1.07 bits per heavy atom. The Labute approximate surface area is 164 Å². The van der Waals surface area contributed by atoms with Crippen LogP contribution in [0.4, 0.5) is 0 Å². The average Bonchev–Trinajstić information content (AvgIpc) is 3.04. The number of rotatable bonds is 5. The zero-order chi connectivity index (χ0) is 19.2. The monoisotopic (exact) mass is 376 g/mol. The lowest BCUT2D eigenvalue weighted by atomic mass is 9.57. The molecule has 0 radical (unpaired) electrons. The molecule has 0 spiro atoms. The van der Waals surface area contributed by atoms with Gasteiger partial charge in [0.2, 0.25) is 0 Å². The smallest absolute Gasteiger partial charge is 0.176 e. The van der Waals surface area contributed by atoms with Gasteiger partial charge in [0.05, 0.1) is 12.7 Å². The van der Waals surface area contributed by atoms with Crippen molar-refractivity contribution in [1.82, 2.24) is 0 Å². The minimum absolute atomic E-state index is 0.236. The summed E-state index contributed by atoms with van der Waals surface area (Å²) in [5.74, 6) is 1.15. The molecule has 4 heteroatoms. The number of methoxy groups -OCH3 is 4. The van der Waals surface area contributed by atoms with Gasteiger partial charge in [0.15, 0.2) is 5.79 Å². The summed E-state index contributed by atoms with van der Waals surface area (Å²) >= 11 is 0. The van der Waals surface area contributed by atoms with Crippen LogP contribution in [0.25, 0.3) is 0 Å². The largest absolute Gasteiger partial charge is 0.384 e. The maximum absolute atomic E-state index is 5.92. The maximum atomic E-state index is 5.92. The van der Waals surface area contributed by atoms with E-state index in [2.05, 4.69) is 13.0 Å². The second-order valence-corrected chi connectivity index (χ2v) is 9.26. The van der Waals surface area contributed by atoms with Crippen LogP contribution in [0.3, 0.4) is 0 Å². The summed E-state index contributed by atoms with van der Waals surface area (Å²) in [6.45, 7) is 3.13. The van der Waals surface area contributed by atoms with E-state index in [1.807, 2.05) is 7.11 Å². The van der Waals surface area contributed by atoms with E-state index in [9.17, 15) is 0 Å². The second kappa shape index (κ2) is 7.29. The molecule has 1 fully saturated rings. The molecule has 5 atom stereocenters. The molecule has 0 aromatic carbocycles. The van der Waals surface area contributed by atoms with Gasteiger partial charge < -0.3 is 18.9 Å². The molecule has 4 aliphatic carbocycles. The van der Waals surface area contributed by atoms with Crippen LogP contribution in [-0.2, 0) is 18.9 Å². The third kappa shape index (κ3) is 2.87. The Kier molecular flexibility index (Phi) is 5.30. The molecule has 0 saturated heterocycles. The van der Waals surface area contributed by atoms with Gasteiger partial charge in [0.1, 0.15) is 0 Å². The van der Waals surface area contributed by atoms with E-state index < -0.39 is 5.79 Å². The van der Waals surface area contributed by atoms with Gasteiger partial charge in [-0.05, 0) is 61.5 Å². The first-order chi connectivity index (χ1) is 13.0. The first kappa shape index (κ1) is 19.6. The van der Waals surface area contributed by atoms with Crippen LogP contribution in [0.5, 0.6) is 0 Å². The highest BCUT2D eigenvalue weighted by Crippen LogP contribution is 2.60. The summed E-state index contributed by atoms with van der Waals surface area (Å²) in [6, 6.07) is 0. The van der Waals surface area contributed by atoms with Crippen molar-refractivity contribution in [1.29, 1.82) is 0 Å². The fraction of sp³-hybridized carbons (Fsp3) is 0.826. The predicted octanol–water partition coefficient (Wildman–Crippen LogP) is 4.50. The highest BCUT2D eigenvalue weighted by molar-refractivity contribution is 5.45. The normalized spacial score (nSPS) is 40.3. The molecule has 0 heterocycles. The number of hydrogen-bond acceptors (Lipinski definition) is 4. The van der Waals surface area contributed by atoms with Crippen LogP contribution in [0, 0.1) is 23.2 Å². The SMILES string of the molecule is COCC1CC2=C(CC[C@@H]3C2=CC[C@]2(C)C(OC)CC[C@@H]32)CC1(OC)OC. The summed E-state index contributed by atoms with van der Waals surface area (Å²) in [5.41, 5.74) is 5.10. The van der Waals surface area contributed by atoms with Gasteiger partial charge in [0.25, 0.3) is 0 Å². The van der Waals surface area contributed by atoms with E-state index in [4.69, 9.17) is 18.9 Å². The molecule has 1 saturated carbocycles. The van der Waals surface area contributed by atoms with Gasteiger partial charge in [-0.3, -0.25) is 0 Å². The van der Waals surface area contributed by atoms with Crippen molar-refractivity contribution in [3.8, 4) is 0 Å². The van der Waals surface area contributed by atoms with Gasteiger partial charge in [-0.1, -0.05) is 18.6 Å². The highest BCUT2D eigenvalue weighted by Gasteiger charge is 2.54. The van der Waals surface area contributed by atoms with Crippen molar-refractivity contribution in [3.05, 3.63) is 22.8 Å². The van der Waals surface area contributed by atoms with Gasteiger partial charge in [-0.15, -0.1) is 0 Å². The standard InChI is InChI=1S/C23H36O4/c1-22-11-10-17-18(20(22)8-9-21(22)25-3)7-6-15-13-23(26-4,27-5)16(14-24-2)12-19(15)17/h10,16,18,20-21H,6-9,11-14H2,1-5H3/t16?,18-,20+,21?,22+/m1/s1. The number of hydrogen-bond donors (Lipinski definition) is 0. The Hall–Kier alpha value is -0.680. The van der Waals surface area contributed by atoms with Gasteiger partial charge in [-0.2, -0.15) is 0 Å². The Bertz CT molecular complexity index is 632. The van der Waals surface area contributed by atoms with E-state index in [1.54, 1.807) is 38.0 Å². The van der Waals surface area contributed by atoms with Crippen LogP contribution in [0.15, 0.2) is 22.8 Å². The van der Waals surface area contributed by atoms with E-state index in [-0.39, 0.29) is 5.92 Å². The molecule has 0 aromatic heterocycles. The molecular formula is C23H36O4. The molecule has 0 aromatic rings. The third-order valence-electron chi connectivity index (χ3n) is 8.38. The van der Waals surface area contributed by atoms with Crippen molar-refractivity contribution in [3.63, 3.8) is 0 Å². The lowest BCUT2D eigenvalue weighted by Gasteiger charge is -2.50.